The van der Waals surface area contributed by atoms with E-state index in [9.17, 15) is 0 Å². The molecule has 0 fully saturated rings. The van der Waals surface area contributed by atoms with Crippen LogP contribution in [0.5, 0.6) is 0 Å². The second-order valence-electron chi connectivity index (χ2n) is 3.56. The van der Waals surface area contributed by atoms with Gasteiger partial charge in [-0.05, 0) is 0 Å². The number of hydrogen-bond donors (Lipinski definition) is 0. The van der Waals surface area contributed by atoms with Crippen LogP contribution in [0.3, 0.4) is 0 Å². The summed E-state index contributed by atoms with van der Waals surface area (Å²) in [6.45, 7) is 4.56. The monoisotopic (exact) mass is 288 g/mol. The molecule has 0 nitrogen and oxygen atoms in total. The quantitative estimate of drug-likeness (QED) is 0.435. The van der Waals surface area contributed by atoms with Gasteiger partial charge in [-0.15, -0.1) is 0 Å². The topological polar surface area (TPSA) is 0 Å². The molecule has 0 aliphatic carbocycles. The second-order valence-corrected chi connectivity index (χ2v) is 7.10. The zero-order valence-electron chi connectivity index (χ0n) is 9.31. The van der Waals surface area contributed by atoms with Crippen LogP contribution in [0.2, 0.25) is 4.44 Å². The molecule has 0 bridgehead atoms. The van der Waals surface area contributed by atoms with Crippen molar-refractivity contribution in [3.05, 3.63) is 10.2 Å². The first kappa shape index (κ1) is 13.5. The maximum atomic E-state index is 2.53. The van der Waals surface area contributed by atoms with Crippen molar-refractivity contribution in [2.75, 3.05) is 0 Å². The van der Waals surface area contributed by atoms with Gasteiger partial charge in [-0.1, -0.05) is 0 Å². The molecule has 0 saturated carbocycles. The Bertz CT molecular complexity index is 108. The van der Waals surface area contributed by atoms with Gasteiger partial charge in [0.25, 0.3) is 0 Å². The van der Waals surface area contributed by atoms with E-state index in [1.165, 1.54) is 44.9 Å². The van der Waals surface area contributed by atoms with E-state index in [2.05, 4.69) is 24.0 Å². The van der Waals surface area contributed by atoms with Crippen LogP contribution in [0.4, 0.5) is 0 Å². The van der Waals surface area contributed by atoms with Crippen LogP contribution >= 0.6 is 0 Å². The molecule has 0 aliphatic rings. The molecule has 0 aromatic rings. The van der Waals surface area contributed by atoms with Crippen LogP contribution in [0.25, 0.3) is 0 Å². The summed E-state index contributed by atoms with van der Waals surface area (Å²) in [5, 5.41) is 0. The summed E-state index contributed by atoms with van der Waals surface area (Å²) in [7, 11) is 0. The van der Waals surface area contributed by atoms with Crippen molar-refractivity contribution in [2.24, 2.45) is 0 Å². The SMILES string of the molecule is CCCCCCC=[CH][Sn][CH2]CCC. The van der Waals surface area contributed by atoms with Gasteiger partial charge in [0.1, 0.15) is 0 Å². The molecule has 0 atom stereocenters. The van der Waals surface area contributed by atoms with E-state index in [0.717, 1.165) is 0 Å². The predicted molar refractivity (Wildman–Crippen MR) is 63.4 cm³/mol. The molecule has 2 radical (unpaired) electrons. The number of unbranched alkanes of at least 4 members (excludes halogenated alkanes) is 5. The molecule has 1 heteroatoms. The molecule has 76 valence electrons. The fourth-order valence-corrected chi connectivity index (χ4v) is 4.24. The van der Waals surface area contributed by atoms with Gasteiger partial charge >= 0.3 is 94.5 Å². The zero-order chi connectivity index (χ0) is 9.78. The third kappa shape index (κ3) is 12.5. The maximum absolute atomic E-state index is 2.53. The Hall–Kier alpha value is 0.539. The third-order valence-electron chi connectivity index (χ3n) is 2.13. The van der Waals surface area contributed by atoms with Gasteiger partial charge in [0.05, 0.1) is 0 Å². The van der Waals surface area contributed by atoms with E-state index in [1.807, 2.05) is 0 Å². The standard InChI is InChI=1S/C8H15.C4H9.Sn/c1-3-5-7-8-6-4-2;1-3-4-2;/h1,3H,4-8H2,2H3;1,3-4H2,2H3;. The molecule has 0 spiro atoms. The molecular formula is C12H24Sn. The van der Waals surface area contributed by atoms with Crippen molar-refractivity contribution >= 4 is 21.1 Å². The van der Waals surface area contributed by atoms with E-state index in [4.69, 9.17) is 0 Å². The minimum absolute atomic E-state index is 0.0690. The van der Waals surface area contributed by atoms with Crippen LogP contribution in [-0.2, 0) is 0 Å². The Morgan fingerprint density at radius 1 is 0.923 bits per heavy atom. The summed E-state index contributed by atoms with van der Waals surface area (Å²) in [6.07, 6.45) is 12.3. The van der Waals surface area contributed by atoms with Crippen molar-refractivity contribution in [1.29, 1.82) is 0 Å². The average molecular weight is 287 g/mol. The molecule has 0 heterocycles. The van der Waals surface area contributed by atoms with Gasteiger partial charge in [0.15, 0.2) is 0 Å². The summed E-state index contributed by atoms with van der Waals surface area (Å²) < 4.78 is 4.08. The molecule has 0 aliphatic heterocycles. The van der Waals surface area contributed by atoms with Crippen molar-refractivity contribution in [3.63, 3.8) is 0 Å². The van der Waals surface area contributed by atoms with E-state index in [0.29, 0.717) is 0 Å². The number of rotatable bonds is 9. The van der Waals surface area contributed by atoms with E-state index in [1.54, 1.807) is 4.44 Å². The van der Waals surface area contributed by atoms with Crippen LogP contribution < -0.4 is 0 Å². The fraction of sp³-hybridized carbons (Fsp3) is 0.833. The Morgan fingerprint density at radius 2 is 1.69 bits per heavy atom. The molecule has 0 rings (SSSR count). The summed E-state index contributed by atoms with van der Waals surface area (Å²) in [6, 6.07) is 0. The summed E-state index contributed by atoms with van der Waals surface area (Å²) >= 11 is -0.0690. The molecule has 0 aromatic heterocycles. The second kappa shape index (κ2) is 12.5. The van der Waals surface area contributed by atoms with E-state index >= 15 is 0 Å². The first-order chi connectivity index (χ1) is 6.41. The first-order valence-electron chi connectivity index (χ1n) is 5.80. The van der Waals surface area contributed by atoms with Crippen LogP contribution in [0, 0.1) is 0 Å². The summed E-state index contributed by atoms with van der Waals surface area (Å²) in [5.41, 5.74) is 0. The normalized spacial score (nSPS) is 11.2. The Balaban J connectivity index is 2.95. The minimum atomic E-state index is -0.0690. The molecule has 0 aromatic carbocycles. The molecule has 0 saturated heterocycles. The van der Waals surface area contributed by atoms with Crippen molar-refractivity contribution in [1.82, 2.24) is 0 Å². The summed E-state index contributed by atoms with van der Waals surface area (Å²) in [4.78, 5) is 0. The molecule has 0 amide bonds. The Morgan fingerprint density at radius 3 is 2.38 bits per heavy atom. The summed E-state index contributed by atoms with van der Waals surface area (Å²) in [5.74, 6) is 0. The van der Waals surface area contributed by atoms with E-state index in [-0.39, 0.29) is 21.1 Å². The third-order valence-corrected chi connectivity index (χ3v) is 5.31. The molecule has 13 heavy (non-hydrogen) atoms. The van der Waals surface area contributed by atoms with Gasteiger partial charge in [-0.2, -0.15) is 0 Å². The average Bonchev–Trinajstić information content (AvgIpc) is 2.16. The number of hydrogen-bond acceptors (Lipinski definition) is 0. The van der Waals surface area contributed by atoms with Gasteiger partial charge in [0, 0.05) is 0 Å². The first-order valence-corrected chi connectivity index (χ1v) is 9.46. The fourth-order valence-electron chi connectivity index (χ4n) is 1.22. The van der Waals surface area contributed by atoms with Crippen molar-refractivity contribution in [2.45, 2.75) is 63.2 Å². The predicted octanol–water partition coefficient (Wildman–Crippen LogP) is 4.39. The van der Waals surface area contributed by atoms with Crippen molar-refractivity contribution in [3.8, 4) is 0 Å². The van der Waals surface area contributed by atoms with Gasteiger partial charge in [0.2, 0.25) is 0 Å². The Kier molecular flexibility index (Phi) is 13.1. The number of allylic oxidation sites excluding steroid dienone is 1. The molecule has 0 N–H and O–H groups in total. The molecule has 0 unspecified atom stereocenters. The van der Waals surface area contributed by atoms with Crippen LogP contribution in [0.15, 0.2) is 10.2 Å². The van der Waals surface area contributed by atoms with Crippen molar-refractivity contribution < 1.29 is 0 Å². The van der Waals surface area contributed by atoms with Gasteiger partial charge < -0.3 is 0 Å². The van der Waals surface area contributed by atoms with Gasteiger partial charge in [-0.25, -0.2) is 0 Å². The van der Waals surface area contributed by atoms with E-state index < -0.39 is 0 Å². The Labute approximate surface area is 94.4 Å². The van der Waals surface area contributed by atoms with Gasteiger partial charge in [-0.3, -0.25) is 0 Å². The van der Waals surface area contributed by atoms with Crippen LogP contribution in [-0.4, -0.2) is 21.1 Å². The van der Waals surface area contributed by atoms with Crippen LogP contribution in [0.1, 0.15) is 58.8 Å². The molecular weight excluding hydrogens is 263 g/mol. The zero-order valence-corrected chi connectivity index (χ0v) is 12.2.